The monoisotopic (exact) mass is 311 g/mol. The zero-order chi connectivity index (χ0) is 15.8. The predicted octanol–water partition coefficient (Wildman–Crippen LogP) is 2.21. The van der Waals surface area contributed by atoms with Gasteiger partial charge in [0.15, 0.2) is 0 Å². The summed E-state index contributed by atoms with van der Waals surface area (Å²) in [5.74, 6) is 0.00446. The number of hydrogen-bond donors (Lipinski definition) is 0. The van der Waals surface area contributed by atoms with Crippen molar-refractivity contribution in [3.05, 3.63) is 42.2 Å². The third-order valence-electron chi connectivity index (χ3n) is 4.39. The third-order valence-corrected chi connectivity index (χ3v) is 4.39. The highest BCUT2D eigenvalue weighted by atomic mass is 16.5. The fraction of sp³-hybridized carbons (Fsp3) is 0.375. The van der Waals surface area contributed by atoms with E-state index in [1.807, 2.05) is 30.4 Å². The van der Waals surface area contributed by atoms with Crippen LogP contribution in [0.5, 0.6) is 0 Å². The van der Waals surface area contributed by atoms with Gasteiger partial charge in [-0.25, -0.2) is 9.97 Å². The van der Waals surface area contributed by atoms with Gasteiger partial charge in [-0.3, -0.25) is 4.79 Å². The normalized spacial score (nSPS) is 18.5. The van der Waals surface area contributed by atoms with Gasteiger partial charge in [0.05, 0.1) is 29.0 Å². The summed E-state index contributed by atoms with van der Waals surface area (Å²) in [5, 5.41) is 4.67. The van der Waals surface area contributed by atoms with Crippen LogP contribution in [-0.4, -0.2) is 43.6 Å². The minimum Gasteiger partial charge on any atom is -0.337 e. The molecule has 7 nitrogen and oxygen atoms in total. The largest absolute Gasteiger partial charge is 0.337 e. The predicted molar refractivity (Wildman–Crippen MR) is 82.9 cm³/mol. The van der Waals surface area contributed by atoms with E-state index in [1.165, 1.54) is 0 Å². The van der Waals surface area contributed by atoms with Crippen molar-refractivity contribution >= 4 is 17.0 Å². The SMILES string of the molecule is Cc1noc2ncc(C(=O)N3CCCC(n4ccnc4)C3)cc12. The molecule has 4 rings (SSSR count). The molecular weight excluding hydrogens is 294 g/mol. The van der Waals surface area contributed by atoms with E-state index >= 15 is 0 Å². The summed E-state index contributed by atoms with van der Waals surface area (Å²) in [5.41, 5.74) is 1.79. The van der Waals surface area contributed by atoms with E-state index < -0.39 is 0 Å². The molecule has 118 valence electrons. The summed E-state index contributed by atoms with van der Waals surface area (Å²) in [6.07, 6.45) is 9.14. The lowest BCUT2D eigenvalue weighted by Crippen LogP contribution is -2.40. The van der Waals surface area contributed by atoms with Crippen molar-refractivity contribution < 1.29 is 9.32 Å². The fourth-order valence-corrected chi connectivity index (χ4v) is 3.11. The van der Waals surface area contributed by atoms with Gasteiger partial charge in [-0.15, -0.1) is 0 Å². The Morgan fingerprint density at radius 2 is 2.35 bits per heavy atom. The molecule has 3 aromatic heterocycles. The summed E-state index contributed by atoms with van der Waals surface area (Å²) in [6, 6.07) is 2.10. The zero-order valence-electron chi connectivity index (χ0n) is 12.8. The van der Waals surface area contributed by atoms with Crippen LogP contribution >= 0.6 is 0 Å². The first-order chi connectivity index (χ1) is 11.2. The van der Waals surface area contributed by atoms with Crippen molar-refractivity contribution in [2.45, 2.75) is 25.8 Å². The summed E-state index contributed by atoms with van der Waals surface area (Å²) >= 11 is 0. The number of aryl methyl sites for hydroxylation is 1. The number of amides is 1. The Kier molecular flexibility index (Phi) is 3.33. The number of hydrogen-bond acceptors (Lipinski definition) is 5. The molecule has 23 heavy (non-hydrogen) atoms. The van der Waals surface area contributed by atoms with Gasteiger partial charge in [0.25, 0.3) is 11.6 Å². The molecule has 3 aromatic rings. The number of imidazole rings is 1. The number of carbonyl (C=O) groups is 1. The van der Waals surface area contributed by atoms with Crippen LogP contribution in [0.3, 0.4) is 0 Å². The van der Waals surface area contributed by atoms with Crippen LogP contribution in [0.2, 0.25) is 0 Å². The highest BCUT2D eigenvalue weighted by molar-refractivity contribution is 5.97. The molecule has 1 unspecified atom stereocenters. The van der Waals surface area contributed by atoms with Gasteiger partial charge in [-0.2, -0.15) is 0 Å². The summed E-state index contributed by atoms with van der Waals surface area (Å²) < 4.78 is 7.17. The highest BCUT2D eigenvalue weighted by Gasteiger charge is 2.26. The second-order valence-corrected chi connectivity index (χ2v) is 5.90. The molecule has 1 amide bonds. The molecule has 1 aliphatic rings. The van der Waals surface area contributed by atoms with E-state index in [4.69, 9.17) is 4.52 Å². The maximum atomic E-state index is 12.8. The van der Waals surface area contributed by atoms with Gasteiger partial charge in [0.1, 0.15) is 0 Å². The van der Waals surface area contributed by atoms with Gasteiger partial charge in [-0.05, 0) is 25.8 Å². The molecule has 0 radical (unpaired) electrons. The Hall–Kier alpha value is -2.70. The van der Waals surface area contributed by atoms with Gasteiger partial charge < -0.3 is 14.0 Å². The van der Waals surface area contributed by atoms with Crippen LogP contribution in [0.25, 0.3) is 11.1 Å². The summed E-state index contributed by atoms with van der Waals surface area (Å²) in [7, 11) is 0. The van der Waals surface area contributed by atoms with Crippen molar-refractivity contribution in [2.75, 3.05) is 13.1 Å². The quantitative estimate of drug-likeness (QED) is 0.725. The molecule has 4 heterocycles. The van der Waals surface area contributed by atoms with E-state index in [-0.39, 0.29) is 11.9 Å². The standard InChI is InChI=1S/C16H17N5O2/c1-11-14-7-12(8-18-15(14)23-19-11)16(22)20-5-2-3-13(9-20)21-6-4-17-10-21/h4,6-8,10,13H,2-3,5,9H2,1H3. The average Bonchev–Trinajstić information content (AvgIpc) is 3.25. The van der Waals surface area contributed by atoms with Crippen molar-refractivity contribution in [1.82, 2.24) is 24.6 Å². The average molecular weight is 311 g/mol. The van der Waals surface area contributed by atoms with Crippen LogP contribution < -0.4 is 0 Å². The number of rotatable bonds is 2. The first kappa shape index (κ1) is 13.9. The second kappa shape index (κ2) is 5.49. The number of piperidine rings is 1. The topological polar surface area (TPSA) is 77.0 Å². The van der Waals surface area contributed by atoms with Crippen molar-refractivity contribution in [1.29, 1.82) is 0 Å². The Labute approximate surface area is 132 Å². The number of pyridine rings is 1. The second-order valence-electron chi connectivity index (χ2n) is 5.90. The summed E-state index contributed by atoms with van der Waals surface area (Å²) in [4.78, 5) is 23.0. The molecule has 0 N–H and O–H groups in total. The molecule has 1 aliphatic heterocycles. The van der Waals surface area contributed by atoms with Gasteiger partial charge in [0, 0.05) is 31.7 Å². The number of nitrogens with zero attached hydrogens (tertiary/aromatic N) is 5. The molecule has 1 saturated heterocycles. The van der Waals surface area contributed by atoms with Crippen molar-refractivity contribution in [2.24, 2.45) is 0 Å². The van der Waals surface area contributed by atoms with Crippen molar-refractivity contribution in [3.63, 3.8) is 0 Å². The number of fused-ring (bicyclic) bond motifs is 1. The Bertz CT molecular complexity index is 839. The molecule has 1 fully saturated rings. The number of carbonyl (C=O) groups excluding carboxylic acids is 1. The first-order valence-corrected chi connectivity index (χ1v) is 7.71. The molecule has 0 aliphatic carbocycles. The van der Waals surface area contributed by atoms with Gasteiger partial charge >= 0.3 is 0 Å². The third kappa shape index (κ3) is 2.48. The Balaban J connectivity index is 1.58. The van der Waals surface area contributed by atoms with E-state index in [0.29, 0.717) is 17.8 Å². The van der Waals surface area contributed by atoms with Crippen molar-refractivity contribution in [3.8, 4) is 0 Å². The van der Waals surface area contributed by atoms with Crippen LogP contribution in [0.4, 0.5) is 0 Å². The molecule has 0 spiro atoms. The molecule has 7 heteroatoms. The van der Waals surface area contributed by atoms with E-state index in [0.717, 1.165) is 30.5 Å². The smallest absolute Gasteiger partial charge is 0.257 e. The zero-order valence-corrected chi connectivity index (χ0v) is 12.8. The summed E-state index contributed by atoms with van der Waals surface area (Å²) in [6.45, 7) is 3.30. The van der Waals surface area contributed by atoms with Crippen LogP contribution in [0.15, 0.2) is 35.5 Å². The first-order valence-electron chi connectivity index (χ1n) is 7.71. The van der Waals surface area contributed by atoms with Crippen LogP contribution in [0, 0.1) is 6.92 Å². The molecule has 0 saturated carbocycles. The highest BCUT2D eigenvalue weighted by Crippen LogP contribution is 2.24. The maximum Gasteiger partial charge on any atom is 0.257 e. The van der Waals surface area contributed by atoms with E-state index in [1.54, 1.807) is 12.4 Å². The lowest BCUT2D eigenvalue weighted by Gasteiger charge is -2.33. The molecule has 1 atom stereocenters. The van der Waals surface area contributed by atoms with Crippen LogP contribution in [0.1, 0.15) is 34.9 Å². The van der Waals surface area contributed by atoms with Gasteiger partial charge in [0.2, 0.25) is 0 Å². The number of likely N-dealkylation sites (tertiary alicyclic amines) is 1. The minimum absolute atomic E-state index is 0.00446. The minimum atomic E-state index is 0.00446. The van der Waals surface area contributed by atoms with Gasteiger partial charge in [-0.1, -0.05) is 5.16 Å². The Morgan fingerprint density at radius 3 is 3.17 bits per heavy atom. The fourth-order valence-electron chi connectivity index (χ4n) is 3.11. The van der Waals surface area contributed by atoms with Crippen LogP contribution in [-0.2, 0) is 0 Å². The lowest BCUT2D eigenvalue weighted by molar-refractivity contribution is 0.0679. The Morgan fingerprint density at radius 1 is 1.43 bits per heavy atom. The van der Waals surface area contributed by atoms with E-state index in [2.05, 4.69) is 19.7 Å². The molecule has 0 bridgehead atoms. The lowest BCUT2D eigenvalue weighted by atomic mass is 10.0. The molecular formula is C16H17N5O2. The maximum absolute atomic E-state index is 12.8. The molecule has 0 aromatic carbocycles. The number of aromatic nitrogens is 4. The van der Waals surface area contributed by atoms with E-state index in [9.17, 15) is 4.79 Å².